The molecule has 0 bridgehead atoms. The third kappa shape index (κ3) is 3.57. The molecular weight excluding hydrogens is 226 g/mol. The van der Waals surface area contributed by atoms with Crippen molar-refractivity contribution in [3.63, 3.8) is 0 Å². The van der Waals surface area contributed by atoms with E-state index in [0.717, 1.165) is 37.1 Å². The maximum atomic E-state index is 5.50. The summed E-state index contributed by atoms with van der Waals surface area (Å²) in [4.78, 5) is 11.3. The maximum Gasteiger partial charge on any atom is 0.134 e. The number of hydrogen-bond donors (Lipinski definition) is 2. The van der Waals surface area contributed by atoms with E-state index in [2.05, 4.69) is 20.2 Å². The van der Waals surface area contributed by atoms with Gasteiger partial charge in [-0.05, 0) is 19.8 Å². The highest BCUT2D eigenvalue weighted by Crippen LogP contribution is 2.19. The molecule has 0 radical (unpaired) electrons. The zero-order valence-electron chi connectivity index (χ0n) is 11.2. The molecule has 1 saturated heterocycles. The molecule has 18 heavy (non-hydrogen) atoms. The van der Waals surface area contributed by atoms with E-state index < -0.39 is 0 Å². The van der Waals surface area contributed by atoms with Gasteiger partial charge in [0.2, 0.25) is 0 Å². The monoisotopic (exact) mass is 249 g/mol. The summed E-state index contributed by atoms with van der Waals surface area (Å²) in [6, 6.07) is 2.04. The van der Waals surface area contributed by atoms with Crippen molar-refractivity contribution < 1.29 is 0 Å². The van der Waals surface area contributed by atoms with Crippen LogP contribution in [0.1, 0.15) is 31.5 Å². The van der Waals surface area contributed by atoms with E-state index in [1.54, 1.807) is 0 Å². The predicted octanol–water partition coefficient (Wildman–Crippen LogP) is 1.54. The van der Waals surface area contributed by atoms with E-state index in [4.69, 9.17) is 5.73 Å². The van der Waals surface area contributed by atoms with Crippen LogP contribution in [0.5, 0.6) is 0 Å². The molecule has 1 aromatic rings. The van der Waals surface area contributed by atoms with Crippen molar-refractivity contribution in [1.82, 2.24) is 9.97 Å². The molecule has 1 fully saturated rings. The van der Waals surface area contributed by atoms with Gasteiger partial charge in [-0.1, -0.05) is 12.8 Å². The minimum absolute atomic E-state index is 0.613. The highest BCUT2D eigenvalue weighted by Gasteiger charge is 2.12. The quantitative estimate of drug-likeness (QED) is 0.847. The van der Waals surface area contributed by atoms with Gasteiger partial charge in [0.15, 0.2) is 0 Å². The standard InChI is InChI=1S/C13H23N5/c1-11-16-12(15-7-6-14)10-13(17-11)18-8-4-2-3-5-9-18/h10H,2-9,14H2,1H3,(H,15,16,17). The first kappa shape index (κ1) is 13.1. The first-order chi connectivity index (χ1) is 8.79. The SMILES string of the molecule is Cc1nc(NCCN)cc(N2CCCCCC2)n1. The Hall–Kier alpha value is -1.36. The third-order valence-corrected chi connectivity index (χ3v) is 3.20. The predicted molar refractivity (Wildman–Crippen MR) is 75.0 cm³/mol. The summed E-state index contributed by atoms with van der Waals surface area (Å²) >= 11 is 0. The number of aromatic nitrogens is 2. The van der Waals surface area contributed by atoms with E-state index in [0.29, 0.717) is 6.54 Å². The Morgan fingerprint density at radius 1 is 1.22 bits per heavy atom. The van der Waals surface area contributed by atoms with Crippen LogP contribution in [0, 0.1) is 6.92 Å². The molecule has 0 atom stereocenters. The van der Waals surface area contributed by atoms with Crippen LogP contribution in [0.3, 0.4) is 0 Å². The van der Waals surface area contributed by atoms with E-state index in [9.17, 15) is 0 Å². The van der Waals surface area contributed by atoms with Gasteiger partial charge in [-0.15, -0.1) is 0 Å². The second kappa shape index (κ2) is 6.54. The smallest absolute Gasteiger partial charge is 0.134 e. The Balaban J connectivity index is 2.12. The Kier molecular flexibility index (Phi) is 4.75. The van der Waals surface area contributed by atoms with Crippen molar-refractivity contribution in [1.29, 1.82) is 0 Å². The van der Waals surface area contributed by atoms with Gasteiger partial charge in [-0.2, -0.15) is 0 Å². The van der Waals surface area contributed by atoms with Crippen LogP contribution in [-0.4, -0.2) is 36.1 Å². The highest BCUT2D eigenvalue weighted by molar-refractivity contribution is 5.49. The van der Waals surface area contributed by atoms with Crippen LogP contribution in [-0.2, 0) is 0 Å². The number of rotatable bonds is 4. The summed E-state index contributed by atoms with van der Waals surface area (Å²) in [5.74, 6) is 2.74. The fourth-order valence-electron chi connectivity index (χ4n) is 2.30. The minimum atomic E-state index is 0.613. The maximum absolute atomic E-state index is 5.50. The van der Waals surface area contributed by atoms with Crippen molar-refractivity contribution >= 4 is 11.6 Å². The van der Waals surface area contributed by atoms with Gasteiger partial charge >= 0.3 is 0 Å². The summed E-state index contributed by atoms with van der Waals surface area (Å²) in [5, 5.41) is 3.23. The molecule has 1 aliphatic heterocycles. The van der Waals surface area contributed by atoms with Gasteiger partial charge in [0.1, 0.15) is 17.5 Å². The number of nitrogens with one attached hydrogen (secondary N) is 1. The van der Waals surface area contributed by atoms with Crippen LogP contribution in [0.4, 0.5) is 11.6 Å². The van der Waals surface area contributed by atoms with Crippen LogP contribution in [0.25, 0.3) is 0 Å². The van der Waals surface area contributed by atoms with Crippen molar-refractivity contribution in [3.05, 3.63) is 11.9 Å². The molecule has 100 valence electrons. The molecule has 1 aromatic heterocycles. The Bertz CT molecular complexity index is 372. The molecule has 0 saturated carbocycles. The van der Waals surface area contributed by atoms with Crippen LogP contribution >= 0.6 is 0 Å². The molecule has 0 spiro atoms. The van der Waals surface area contributed by atoms with Crippen molar-refractivity contribution in [3.8, 4) is 0 Å². The molecule has 0 aliphatic carbocycles. The molecule has 0 unspecified atom stereocenters. The molecule has 1 aliphatic rings. The summed E-state index contributed by atoms with van der Waals surface area (Å²) in [6.07, 6.45) is 5.18. The van der Waals surface area contributed by atoms with Gasteiger partial charge in [0.25, 0.3) is 0 Å². The minimum Gasteiger partial charge on any atom is -0.369 e. The van der Waals surface area contributed by atoms with Crippen LogP contribution in [0.2, 0.25) is 0 Å². The summed E-state index contributed by atoms with van der Waals surface area (Å²) in [6.45, 7) is 5.51. The second-order valence-corrected chi connectivity index (χ2v) is 4.78. The Labute approximate surface area is 109 Å². The number of nitrogens with zero attached hydrogens (tertiary/aromatic N) is 3. The molecule has 3 N–H and O–H groups in total. The van der Waals surface area contributed by atoms with Crippen molar-refractivity contribution in [2.75, 3.05) is 36.4 Å². The molecule has 0 aromatic carbocycles. The molecule has 5 nitrogen and oxygen atoms in total. The number of anilines is 2. The zero-order chi connectivity index (χ0) is 12.8. The number of nitrogens with two attached hydrogens (primary N) is 1. The lowest BCUT2D eigenvalue weighted by atomic mass is 10.2. The average Bonchev–Trinajstić information content (AvgIpc) is 2.64. The third-order valence-electron chi connectivity index (χ3n) is 3.20. The molecular formula is C13H23N5. The van der Waals surface area contributed by atoms with Gasteiger partial charge < -0.3 is 16.0 Å². The number of aryl methyl sites for hydroxylation is 1. The van der Waals surface area contributed by atoms with E-state index in [1.807, 2.05) is 13.0 Å². The second-order valence-electron chi connectivity index (χ2n) is 4.78. The summed E-state index contributed by atoms with van der Waals surface area (Å²) < 4.78 is 0. The van der Waals surface area contributed by atoms with E-state index >= 15 is 0 Å². The van der Waals surface area contributed by atoms with Gasteiger partial charge in [0.05, 0.1) is 0 Å². The normalized spacial score (nSPS) is 16.4. The lowest BCUT2D eigenvalue weighted by Crippen LogP contribution is -2.25. The zero-order valence-corrected chi connectivity index (χ0v) is 11.2. The lowest BCUT2D eigenvalue weighted by molar-refractivity contribution is 0.726. The highest BCUT2D eigenvalue weighted by atomic mass is 15.2. The van der Waals surface area contributed by atoms with Gasteiger partial charge in [0, 0.05) is 32.2 Å². The van der Waals surface area contributed by atoms with Crippen molar-refractivity contribution in [2.24, 2.45) is 5.73 Å². The van der Waals surface area contributed by atoms with Gasteiger partial charge in [-0.25, -0.2) is 9.97 Å². The van der Waals surface area contributed by atoms with Gasteiger partial charge in [-0.3, -0.25) is 0 Å². The molecule has 5 heteroatoms. The fourth-order valence-corrected chi connectivity index (χ4v) is 2.30. The Morgan fingerprint density at radius 2 is 1.94 bits per heavy atom. The Morgan fingerprint density at radius 3 is 2.61 bits per heavy atom. The van der Waals surface area contributed by atoms with Crippen molar-refractivity contribution in [2.45, 2.75) is 32.6 Å². The lowest BCUT2D eigenvalue weighted by Gasteiger charge is -2.22. The summed E-state index contributed by atoms with van der Waals surface area (Å²) in [5.41, 5.74) is 5.50. The number of hydrogen-bond acceptors (Lipinski definition) is 5. The van der Waals surface area contributed by atoms with E-state index in [1.165, 1.54) is 25.7 Å². The molecule has 2 heterocycles. The van der Waals surface area contributed by atoms with Crippen LogP contribution in [0.15, 0.2) is 6.07 Å². The van der Waals surface area contributed by atoms with Crippen LogP contribution < -0.4 is 16.0 Å². The largest absolute Gasteiger partial charge is 0.369 e. The fraction of sp³-hybridized carbons (Fsp3) is 0.692. The first-order valence-corrected chi connectivity index (χ1v) is 6.84. The topological polar surface area (TPSA) is 67.1 Å². The summed E-state index contributed by atoms with van der Waals surface area (Å²) in [7, 11) is 0. The molecule has 2 rings (SSSR count). The van der Waals surface area contributed by atoms with E-state index in [-0.39, 0.29) is 0 Å². The first-order valence-electron chi connectivity index (χ1n) is 6.84. The average molecular weight is 249 g/mol. The molecule has 0 amide bonds.